The van der Waals surface area contributed by atoms with Crippen LogP contribution in [0.4, 0.5) is 5.69 Å². The molecule has 1 amide bonds. The number of benzene rings is 3. The first-order valence-electron chi connectivity index (χ1n) is 10.3. The molecule has 4 rings (SSSR count). The predicted molar refractivity (Wildman–Crippen MR) is 121 cm³/mol. The van der Waals surface area contributed by atoms with Crippen LogP contribution >= 0.6 is 0 Å². The monoisotopic (exact) mass is 399 g/mol. The highest BCUT2D eigenvalue weighted by Crippen LogP contribution is 2.22. The second-order valence-corrected chi connectivity index (χ2v) is 7.21. The lowest BCUT2D eigenvalue weighted by Gasteiger charge is -2.08. The summed E-state index contributed by atoms with van der Waals surface area (Å²) in [5.41, 5.74) is 4.23. The molecule has 0 atom stereocenters. The lowest BCUT2D eigenvalue weighted by Crippen LogP contribution is -2.11. The highest BCUT2D eigenvalue weighted by Gasteiger charge is 2.08. The Kier molecular flexibility index (Phi) is 6.09. The van der Waals surface area contributed by atoms with Crippen LogP contribution in [0.5, 0.6) is 5.75 Å². The number of hydrogen-bond donors (Lipinski definition) is 2. The molecule has 0 aliphatic carbocycles. The van der Waals surface area contributed by atoms with E-state index >= 15 is 0 Å². The van der Waals surface area contributed by atoms with Gasteiger partial charge in [-0.05, 0) is 67.1 Å². The molecule has 1 heterocycles. The van der Waals surface area contributed by atoms with Gasteiger partial charge in [0.25, 0.3) is 5.91 Å². The maximum Gasteiger partial charge on any atom is 0.255 e. The third-order valence-corrected chi connectivity index (χ3v) is 4.94. The van der Waals surface area contributed by atoms with Gasteiger partial charge in [-0.3, -0.25) is 4.79 Å². The van der Waals surface area contributed by atoms with Gasteiger partial charge in [0.2, 0.25) is 0 Å². The van der Waals surface area contributed by atoms with Gasteiger partial charge in [-0.1, -0.05) is 31.9 Å². The molecule has 0 saturated carbocycles. The number of fused-ring (bicyclic) bond motifs is 1. The van der Waals surface area contributed by atoms with Crippen molar-refractivity contribution in [2.45, 2.75) is 26.2 Å². The van der Waals surface area contributed by atoms with Gasteiger partial charge in [0.05, 0.1) is 17.6 Å². The van der Waals surface area contributed by atoms with E-state index in [9.17, 15) is 4.79 Å². The molecule has 30 heavy (non-hydrogen) atoms. The number of ether oxygens (including phenoxy) is 1. The van der Waals surface area contributed by atoms with Crippen molar-refractivity contribution in [3.05, 3.63) is 78.4 Å². The van der Waals surface area contributed by atoms with Crippen LogP contribution in [0.1, 0.15) is 36.5 Å². The second kappa shape index (κ2) is 9.27. The Labute approximate surface area is 176 Å². The maximum atomic E-state index is 12.5. The van der Waals surface area contributed by atoms with E-state index in [2.05, 4.69) is 22.2 Å². The van der Waals surface area contributed by atoms with Crippen LogP contribution < -0.4 is 10.1 Å². The number of para-hydroxylation sites is 2. The minimum atomic E-state index is -0.149. The number of nitrogens with one attached hydrogen (secondary N) is 2. The number of rotatable bonds is 8. The summed E-state index contributed by atoms with van der Waals surface area (Å²) in [7, 11) is 0. The quantitative estimate of drug-likeness (QED) is 0.354. The Bertz CT molecular complexity index is 1080. The van der Waals surface area contributed by atoms with Gasteiger partial charge < -0.3 is 15.0 Å². The first-order valence-corrected chi connectivity index (χ1v) is 10.3. The average Bonchev–Trinajstić information content (AvgIpc) is 3.22. The van der Waals surface area contributed by atoms with Crippen LogP contribution in [0, 0.1) is 0 Å². The summed E-state index contributed by atoms with van der Waals surface area (Å²) in [4.78, 5) is 20.4. The van der Waals surface area contributed by atoms with Crippen molar-refractivity contribution >= 4 is 22.6 Å². The number of aromatic nitrogens is 2. The zero-order valence-corrected chi connectivity index (χ0v) is 17.0. The molecule has 0 saturated heterocycles. The van der Waals surface area contributed by atoms with E-state index in [0.717, 1.165) is 46.7 Å². The molecule has 0 bridgehead atoms. The van der Waals surface area contributed by atoms with Crippen molar-refractivity contribution in [1.82, 2.24) is 9.97 Å². The lowest BCUT2D eigenvalue weighted by molar-refractivity contribution is 0.102. The van der Waals surface area contributed by atoms with Crippen molar-refractivity contribution in [3.63, 3.8) is 0 Å². The molecule has 0 spiro atoms. The number of anilines is 1. The van der Waals surface area contributed by atoms with Gasteiger partial charge in [-0.15, -0.1) is 0 Å². The number of imidazole rings is 1. The van der Waals surface area contributed by atoms with Crippen LogP contribution in [0.2, 0.25) is 0 Å². The fraction of sp³-hybridized carbons (Fsp3) is 0.200. The van der Waals surface area contributed by atoms with E-state index in [-0.39, 0.29) is 5.91 Å². The van der Waals surface area contributed by atoms with E-state index in [1.807, 2.05) is 60.7 Å². The molecule has 2 N–H and O–H groups in total. The van der Waals surface area contributed by atoms with Gasteiger partial charge in [-0.2, -0.15) is 0 Å². The molecule has 0 unspecified atom stereocenters. The molecule has 0 radical (unpaired) electrons. The highest BCUT2D eigenvalue weighted by atomic mass is 16.5. The maximum absolute atomic E-state index is 12.5. The van der Waals surface area contributed by atoms with Crippen LogP contribution in [0.15, 0.2) is 72.8 Å². The SMILES string of the molecule is CCCCCOc1ccc(C(=O)Nc2ccc(-c3nc4ccccc4[nH]3)cc2)cc1. The summed E-state index contributed by atoms with van der Waals surface area (Å²) in [5, 5.41) is 2.93. The fourth-order valence-electron chi connectivity index (χ4n) is 3.25. The van der Waals surface area contributed by atoms with E-state index in [1.54, 1.807) is 12.1 Å². The first-order chi connectivity index (χ1) is 14.7. The molecule has 5 heteroatoms. The standard InChI is InChI=1S/C25H25N3O2/c1-2-3-6-17-30-21-15-11-19(12-16-21)25(29)26-20-13-9-18(10-14-20)24-27-22-7-4-5-8-23(22)28-24/h4-5,7-16H,2-3,6,17H2,1H3,(H,26,29)(H,27,28). The van der Waals surface area contributed by atoms with Gasteiger partial charge in [-0.25, -0.2) is 4.98 Å². The minimum absolute atomic E-state index is 0.149. The van der Waals surface area contributed by atoms with Crippen LogP contribution in [-0.4, -0.2) is 22.5 Å². The molecular weight excluding hydrogens is 374 g/mol. The molecule has 0 aliphatic rings. The highest BCUT2D eigenvalue weighted by molar-refractivity contribution is 6.04. The largest absolute Gasteiger partial charge is 0.494 e. The second-order valence-electron chi connectivity index (χ2n) is 7.21. The fourth-order valence-corrected chi connectivity index (χ4v) is 3.25. The third kappa shape index (κ3) is 4.69. The number of unbranched alkanes of at least 4 members (excludes halogenated alkanes) is 2. The predicted octanol–water partition coefficient (Wildman–Crippen LogP) is 6.05. The number of nitrogens with zero attached hydrogens (tertiary/aromatic N) is 1. The zero-order chi connectivity index (χ0) is 20.8. The van der Waals surface area contributed by atoms with E-state index < -0.39 is 0 Å². The van der Waals surface area contributed by atoms with Crippen molar-refractivity contribution in [1.29, 1.82) is 0 Å². The first kappa shape index (κ1) is 19.7. The van der Waals surface area contributed by atoms with Crippen LogP contribution in [0.25, 0.3) is 22.4 Å². The Balaban J connectivity index is 1.37. The minimum Gasteiger partial charge on any atom is -0.494 e. The molecule has 152 valence electrons. The lowest BCUT2D eigenvalue weighted by atomic mass is 10.1. The van der Waals surface area contributed by atoms with Gasteiger partial charge in [0, 0.05) is 16.8 Å². The third-order valence-electron chi connectivity index (χ3n) is 4.94. The van der Waals surface area contributed by atoms with Crippen LogP contribution in [0.3, 0.4) is 0 Å². The van der Waals surface area contributed by atoms with Gasteiger partial charge in [0.1, 0.15) is 11.6 Å². The van der Waals surface area contributed by atoms with E-state index in [0.29, 0.717) is 12.2 Å². The average molecular weight is 399 g/mol. The zero-order valence-electron chi connectivity index (χ0n) is 17.0. The molecule has 5 nitrogen and oxygen atoms in total. The molecule has 0 fully saturated rings. The number of H-pyrrole nitrogens is 1. The number of hydrogen-bond acceptors (Lipinski definition) is 3. The summed E-state index contributed by atoms with van der Waals surface area (Å²) >= 11 is 0. The smallest absolute Gasteiger partial charge is 0.255 e. The Morgan fingerprint density at radius 3 is 2.47 bits per heavy atom. The van der Waals surface area contributed by atoms with Crippen molar-refractivity contribution in [3.8, 4) is 17.1 Å². The molecular formula is C25H25N3O2. The number of carbonyl (C=O) groups is 1. The van der Waals surface area contributed by atoms with Crippen molar-refractivity contribution in [2.75, 3.05) is 11.9 Å². The summed E-state index contributed by atoms with van der Waals surface area (Å²) in [6.07, 6.45) is 3.38. The summed E-state index contributed by atoms with van der Waals surface area (Å²) in [6.45, 7) is 2.87. The summed E-state index contributed by atoms with van der Waals surface area (Å²) < 4.78 is 5.70. The molecule has 1 aromatic heterocycles. The summed E-state index contributed by atoms with van der Waals surface area (Å²) in [6, 6.07) is 22.8. The van der Waals surface area contributed by atoms with E-state index in [1.165, 1.54) is 6.42 Å². The van der Waals surface area contributed by atoms with Crippen molar-refractivity contribution < 1.29 is 9.53 Å². The van der Waals surface area contributed by atoms with E-state index in [4.69, 9.17) is 4.74 Å². The Morgan fingerprint density at radius 2 is 1.73 bits per heavy atom. The molecule has 3 aromatic carbocycles. The summed E-state index contributed by atoms with van der Waals surface area (Å²) in [5.74, 6) is 1.45. The normalized spacial score (nSPS) is 10.8. The molecule has 0 aliphatic heterocycles. The number of amides is 1. The van der Waals surface area contributed by atoms with Gasteiger partial charge >= 0.3 is 0 Å². The number of carbonyl (C=O) groups excluding carboxylic acids is 1. The molecule has 4 aromatic rings. The van der Waals surface area contributed by atoms with Gasteiger partial charge in [0.15, 0.2) is 0 Å². The number of aromatic amines is 1. The topological polar surface area (TPSA) is 67.0 Å². The Hall–Kier alpha value is -3.60. The van der Waals surface area contributed by atoms with Crippen molar-refractivity contribution in [2.24, 2.45) is 0 Å². The Morgan fingerprint density at radius 1 is 0.967 bits per heavy atom. The van der Waals surface area contributed by atoms with Crippen LogP contribution in [-0.2, 0) is 0 Å².